The van der Waals surface area contributed by atoms with Crippen LogP contribution in [0.4, 0.5) is 11.5 Å². The summed E-state index contributed by atoms with van der Waals surface area (Å²) < 4.78 is 5.17. The first-order chi connectivity index (χ1) is 12.7. The third-order valence-electron chi connectivity index (χ3n) is 4.55. The van der Waals surface area contributed by atoms with Gasteiger partial charge in [-0.1, -0.05) is 25.0 Å². The van der Waals surface area contributed by atoms with Crippen molar-refractivity contribution in [2.24, 2.45) is 0 Å². The molecule has 2 heterocycles. The van der Waals surface area contributed by atoms with E-state index in [0.29, 0.717) is 11.7 Å². The van der Waals surface area contributed by atoms with E-state index in [1.54, 1.807) is 7.11 Å². The Morgan fingerprint density at radius 2 is 1.81 bits per heavy atom. The van der Waals surface area contributed by atoms with Gasteiger partial charge in [-0.2, -0.15) is 0 Å². The van der Waals surface area contributed by atoms with Crippen molar-refractivity contribution in [3.63, 3.8) is 0 Å². The molecule has 0 saturated carbocycles. The lowest BCUT2D eigenvalue weighted by atomic mass is 10.2. The molecule has 1 aromatic carbocycles. The zero-order chi connectivity index (χ0) is 18.2. The Labute approximate surface area is 160 Å². The van der Waals surface area contributed by atoms with Gasteiger partial charge in [0.05, 0.1) is 19.0 Å². The van der Waals surface area contributed by atoms with Crippen LogP contribution in [0.2, 0.25) is 0 Å². The topological polar surface area (TPSA) is 49.4 Å². The van der Waals surface area contributed by atoms with Crippen molar-refractivity contribution in [1.29, 1.82) is 0 Å². The summed E-state index contributed by atoms with van der Waals surface area (Å²) in [6.45, 7) is 2.86. The largest absolute Gasteiger partial charge is 0.497 e. The maximum Gasteiger partial charge on any atom is 0.171 e. The number of thiocarbonyl (C=S) groups is 1. The van der Waals surface area contributed by atoms with E-state index in [2.05, 4.69) is 26.6 Å². The van der Waals surface area contributed by atoms with E-state index in [1.807, 2.05) is 36.5 Å². The lowest BCUT2D eigenvalue weighted by Gasteiger charge is -2.21. The molecule has 1 aliphatic heterocycles. The first-order valence-electron chi connectivity index (χ1n) is 9.13. The summed E-state index contributed by atoms with van der Waals surface area (Å²) in [6, 6.07) is 12.0. The molecule has 0 bridgehead atoms. The quantitative estimate of drug-likeness (QED) is 0.777. The van der Waals surface area contributed by atoms with Crippen molar-refractivity contribution in [3.8, 4) is 5.75 Å². The predicted molar refractivity (Wildman–Crippen MR) is 111 cm³/mol. The molecule has 3 rings (SSSR count). The van der Waals surface area contributed by atoms with Gasteiger partial charge in [-0.05, 0) is 54.9 Å². The molecular formula is C20H26N4OS. The molecule has 138 valence electrons. The third-order valence-corrected chi connectivity index (χ3v) is 4.79. The van der Waals surface area contributed by atoms with Crippen LogP contribution in [-0.2, 0) is 6.54 Å². The Bertz CT molecular complexity index is 695. The predicted octanol–water partition coefficient (Wildman–Crippen LogP) is 3.96. The smallest absolute Gasteiger partial charge is 0.171 e. The number of hydrogen-bond acceptors (Lipinski definition) is 4. The van der Waals surface area contributed by atoms with E-state index in [9.17, 15) is 0 Å². The molecule has 0 atom stereocenters. The van der Waals surface area contributed by atoms with Gasteiger partial charge in [-0.25, -0.2) is 4.98 Å². The van der Waals surface area contributed by atoms with Crippen LogP contribution < -0.4 is 20.3 Å². The number of aromatic nitrogens is 1. The highest BCUT2D eigenvalue weighted by molar-refractivity contribution is 7.80. The summed E-state index contributed by atoms with van der Waals surface area (Å²) >= 11 is 5.37. The molecule has 2 aromatic rings. The molecule has 0 aliphatic carbocycles. The normalized spacial score (nSPS) is 14.4. The number of anilines is 2. The Morgan fingerprint density at radius 3 is 2.42 bits per heavy atom. The number of pyridine rings is 1. The minimum atomic E-state index is 0.588. The highest BCUT2D eigenvalue weighted by atomic mass is 32.1. The molecule has 1 aliphatic rings. The lowest BCUT2D eigenvalue weighted by Crippen LogP contribution is -2.28. The van der Waals surface area contributed by atoms with Crippen molar-refractivity contribution in [1.82, 2.24) is 10.3 Å². The van der Waals surface area contributed by atoms with E-state index in [-0.39, 0.29) is 0 Å². The standard InChI is InChI=1S/C20H26N4OS/c1-25-18-9-6-16(7-10-18)14-22-20(26)23-17-8-11-19(21-15-17)24-12-4-2-3-5-13-24/h6-11,15H,2-5,12-14H2,1H3,(H2,22,23,26). The van der Waals surface area contributed by atoms with Gasteiger partial charge >= 0.3 is 0 Å². The average molecular weight is 371 g/mol. The zero-order valence-corrected chi connectivity index (χ0v) is 16.0. The number of rotatable bonds is 5. The summed E-state index contributed by atoms with van der Waals surface area (Å²) in [5.74, 6) is 1.90. The fraction of sp³-hybridized carbons (Fsp3) is 0.400. The maximum atomic E-state index is 5.37. The SMILES string of the molecule is COc1ccc(CNC(=S)Nc2ccc(N3CCCCCC3)nc2)cc1. The van der Waals surface area contributed by atoms with Crippen LogP contribution in [0.25, 0.3) is 0 Å². The fourth-order valence-corrected chi connectivity index (χ4v) is 3.24. The monoisotopic (exact) mass is 370 g/mol. The van der Waals surface area contributed by atoms with Gasteiger partial charge < -0.3 is 20.3 Å². The van der Waals surface area contributed by atoms with Gasteiger partial charge in [0.25, 0.3) is 0 Å². The summed E-state index contributed by atoms with van der Waals surface area (Å²) in [7, 11) is 1.67. The number of benzene rings is 1. The average Bonchev–Trinajstić information content (AvgIpc) is 2.97. The highest BCUT2D eigenvalue weighted by Crippen LogP contribution is 2.19. The molecule has 1 saturated heterocycles. The Balaban J connectivity index is 1.49. The number of nitrogens with zero attached hydrogens (tertiary/aromatic N) is 2. The Kier molecular flexibility index (Phi) is 6.66. The Morgan fingerprint density at radius 1 is 1.08 bits per heavy atom. The second-order valence-electron chi connectivity index (χ2n) is 6.46. The fourth-order valence-electron chi connectivity index (χ4n) is 3.05. The van der Waals surface area contributed by atoms with E-state index in [0.717, 1.165) is 35.9 Å². The van der Waals surface area contributed by atoms with E-state index in [1.165, 1.54) is 25.7 Å². The van der Waals surface area contributed by atoms with Crippen molar-refractivity contribution >= 4 is 28.8 Å². The third kappa shape index (κ3) is 5.33. The summed E-state index contributed by atoms with van der Waals surface area (Å²) in [5, 5.41) is 6.99. The molecule has 1 fully saturated rings. The van der Waals surface area contributed by atoms with Crippen LogP contribution in [0.5, 0.6) is 5.75 Å². The first kappa shape index (κ1) is 18.5. The summed E-state index contributed by atoms with van der Waals surface area (Å²) in [5.41, 5.74) is 2.04. The molecular weight excluding hydrogens is 344 g/mol. The number of methoxy groups -OCH3 is 1. The van der Waals surface area contributed by atoms with Gasteiger partial charge in [0.2, 0.25) is 0 Å². The van der Waals surface area contributed by atoms with E-state index >= 15 is 0 Å². The maximum absolute atomic E-state index is 5.37. The minimum absolute atomic E-state index is 0.588. The van der Waals surface area contributed by atoms with Crippen molar-refractivity contribution in [3.05, 3.63) is 48.2 Å². The van der Waals surface area contributed by atoms with Crippen LogP contribution in [0.1, 0.15) is 31.2 Å². The van der Waals surface area contributed by atoms with Crippen LogP contribution >= 0.6 is 12.2 Å². The first-order valence-corrected chi connectivity index (χ1v) is 9.54. The highest BCUT2D eigenvalue weighted by Gasteiger charge is 2.10. The molecule has 0 unspecified atom stereocenters. The van der Waals surface area contributed by atoms with Gasteiger partial charge in [0.15, 0.2) is 5.11 Å². The van der Waals surface area contributed by atoms with Crippen LogP contribution in [0.3, 0.4) is 0 Å². The van der Waals surface area contributed by atoms with E-state index < -0.39 is 0 Å². The lowest BCUT2D eigenvalue weighted by molar-refractivity contribution is 0.414. The molecule has 0 amide bonds. The Hall–Kier alpha value is -2.34. The summed E-state index contributed by atoms with van der Waals surface area (Å²) in [4.78, 5) is 6.97. The molecule has 26 heavy (non-hydrogen) atoms. The zero-order valence-electron chi connectivity index (χ0n) is 15.2. The van der Waals surface area contributed by atoms with E-state index in [4.69, 9.17) is 17.0 Å². The molecule has 0 radical (unpaired) electrons. The van der Waals surface area contributed by atoms with Crippen molar-refractivity contribution in [2.75, 3.05) is 30.4 Å². The van der Waals surface area contributed by atoms with Gasteiger partial charge in [-0.3, -0.25) is 0 Å². The van der Waals surface area contributed by atoms with Gasteiger partial charge in [0.1, 0.15) is 11.6 Å². The molecule has 5 nitrogen and oxygen atoms in total. The second-order valence-corrected chi connectivity index (χ2v) is 6.87. The summed E-state index contributed by atoms with van der Waals surface area (Å²) in [6.07, 6.45) is 7.00. The van der Waals surface area contributed by atoms with Crippen molar-refractivity contribution < 1.29 is 4.74 Å². The number of hydrogen-bond donors (Lipinski definition) is 2. The van der Waals surface area contributed by atoms with Gasteiger partial charge in [0, 0.05) is 19.6 Å². The van der Waals surface area contributed by atoms with Gasteiger partial charge in [-0.15, -0.1) is 0 Å². The molecule has 2 N–H and O–H groups in total. The minimum Gasteiger partial charge on any atom is -0.497 e. The number of nitrogens with one attached hydrogen (secondary N) is 2. The molecule has 1 aromatic heterocycles. The van der Waals surface area contributed by atoms with Crippen molar-refractivity contribution in [2.45, 2.75) is 32.2 Å². The van der Waals surface area contributed by atoms with Crippen LogP contribution in [0, 0.1) is 0 Å². The van der Waals surface area contributed by atoms with Crippen LogP contribution in [-0.4, -0.2) is 30.3 Å². The van der Waals surface area contributed by atoms with Crippen LogP contribution in [0.15, 0.2) is 42.6 Å². The molecule has 6 heteroatoms. The molecule has 0 spiro atoms. The number of ether oxygens (including phenoxy) is 1. The second kappa shape index (κ2) is 9.38.